The Labute approximate surface area is 158 Å². The number of amides is 1. The molecule has 26 heavy (non-hydrogen) atoms. The Bertz CT molecular complexity index is 845. The molecule has 0 radical (unpaired) electrons. The van der Waals surface area contributed by atoms with Crippen LogP contribution in [0.3, 0.4) is 0 Å². The van der Waals surface area contributed by atoms with Gasteiger partial charge in [-0.2, -0.15) is 0 Å². The quantitative estimate of drug-likeness (QED) is 0.820. The van der Waals surface area contributed by atoms with Crippen LogP contribution in [0.15, 0.2) is 35.2 Å². The molecular formula is C19H24N2O3S2. The van der Waals surface area contributed by atoms with Crippen LogP contribution in [0.5, 0.6) is 0 Å². The molecular weight excluding hydrogens is 368 g/mol. The number of carbonyl (C=O) groups excluding carboxylic acids is 1. The van der Waals surface area contributed by atoms with Crippen molar-refractivity contribution in [2.75, 3.05) is 7.05 Å². The number of rotatable bonds is 5. The van der Waals surface area contributed by atoms with E-state index in [-0.39, 0.29) is 10.8 Å². The van der Waals surface area contributed by atoms with Gasteiger partial charge < -0.3 is 5.32 Å². The van der Waals surface area contributed by atoms with Gasteiger partial charge >= 0.3 is 0 Å². The van der Waals surface area contributed by atoms with Crippen molar-refractivity contribution in [1.29, 1.82) is 0 Å². The number of aryl methyl sites for hydroxylation is 2. The van der Waals surface area contributed by atoms with Crippen LogP contribution in [0.1, 0.15) is 51.4 Å². The van der Waals surface area contributed by atoms with Crippen LogP contribution in [0, 0.1) is 0 Å². The highest BCUT2D eigenvalue weighted by Crippen LogP contribution is 2.28. The Morgan fingerprint density at radius 1 is 1.08 bits per heavy atom. The summed E-state index contributed by atoms with van der Waals surface area (Å²) >= 11 is 1.61. The zero-order valence-electron chi connectivity index (χ0n) is 14.9. The van der Waals surface area contributed by atoms with Gasteiger partial charge in [0, 0.05) is 11.4 Å². The first-order valence-electron chi connectivity index (χ1n) is 8.92. The van der Waals surface area contributed by atoms with E-state index in [9.17, 15) is 13.2 Å². The lowest BCUT2D eigenvalue weighted by molar-refractivity contribution is 0.0955. The molecule has 0 spiro atoms. The summed E-state index contributed by atoms with van der Waals surface area (Å²) in [5.74, 6) is -0.0614. The summed E-state index contributed by atoms with van der Waals surface area (Å²) in [5, 5.41) is 2.93. The van der Waals surface area contributed by atoms with E-state index in [4.69, 9.17) is 0 Å². The molecule has 0 saturated heterocycles. The molecule has 0 bridgehead atoms. The van der Waals surface area contributed by atoms with Gasteiger partial charge in [-0.05, 0) is 62.1 Å². The van der Waals surface area contributed by atoms with Gasteiger partial charge in [-0.3, -0.25) is 4.79 Å². The van der Waals surface area contributed by atoms with E-state index in [2.05, 4.69) is 10.0 Å². The SMILES string of the molecule is CNS(=O)(=O)c1ccc(CNC(=O)c2cc3c(s2)CCCCCC3)cc1. The largest absolute Gasteiger partial charge is 0.347 e. The number of hydrogen-bond acceptors (Lipinski definition) is 4. The van der Waals surface area contributed by atoms with E-state index >= 15 is 0 Å². The Morgan fingerprint density at radius 3 is 2.46 bits per heavy atom. The van der Waals surface area contributed by atoms with Crippen LogP contribution < -0.4 is 10.0 Å². The van der Waals surface area contributed by atoms with E-state index in [1.54, 1.807) is 35.6 Å². The number of sulfonamides is 1. The fourth-order valence-corrected chi connectivity index (χ4v) is 5.03. The second-order valence-electron chi connectivity index (χ2n) is 6.51. The van der Waals surface area contributed by atoms with Gasteiger partial charge in [0.1, 0.15) is 0 Å². The van der Waals surface area contributed by atoms with Crippen molar-refractivity contribution in [3.05, 3.63) is 51.2 Å². The lowest BCUT2D eigenvalue weighted by atomic mass is 10.00. The minimum Gasteiger partial charge on any atom is -0.347 e. The molecule has 140 valence electrons. The van der Waals surface area contributed by atoms with E-state index < -0.39 is 10.0 Å². The average molecular weight is 393 g/mol. The molecule has 1 aromatic heterocycles. The second kappa shape index (κ2) is 8.33. The number of benzene rings is 1. The van der Waals surface area contributed by atoms with Crippen molar-refractivity contribution in [3.8, 4) is 0 Å². The third-order valence-corrected chi connectivity index (χ3v) is 7.34. The maximum Gasteiger partial charge on any atom is 0.261 e. The normalized spacial score (nSPS) is 15.0. The fraction of sp³-hybridized carbons (Fsp3) is 0.421. The molecule has 1 amide bonds. The topological polar surface area (TPSA) is 75.3 Å². The number of nitrogens with one attached hydrogen (secondary N) is 2. The summed E-state index contributed by atoms with van der Waals surface area (Å²) in [5.41, 5.74) is 2.20. The Morgan fingerprint density at radius 2 is 1.77 bits per heavy atom. The van der Waals surface area contributed by atoms with Crippen molar-refractivity contribution in [2.45, 2.75) is 50.0 Å². The highest BCUT2D eigenvalue weighted by molar-refractivity contribution is 7.89. The van der Waals surface area contributed by atoms with Crippen molar-refractivity contribution in [1.82, 2.24) is 10.0 Å². The summed E-state index contributed by atoms with van der Waals surface area (Å²) in [6.07, 6.45) is 7.10. The first-order chi connectivity index (χ1) is 12.5. The molecule has 3 rings (SSSR count). The summed E-state index contributed by atoms with van der Waals surface area (Å²) in [6.45, 7) is 0.376. The maximum atomic E-state index is 12.5. The lowest BCUT2D eigenvalue weighted by Gasteiger charge is -2.07. The molecule has 0 aliphatic heterocycles. The van der Waals surface area contributed by atoms with Crippen LogP contribution in [0.4, 0.5) is 0 Å². The smallest absolute Gasteiger partial charge is 0.261 e. The van der Waals surface area contributed by atoms with Gasteiger partial charge in [0.05, 0.1) is 9.77 Å². The predicted molar refractivity (Wildman–Crippen MR) is 104 cm³/mol. The first-order valence-corrected chi connectivity index (χ1v) is 11.2. The third-order valence-electron chi connectivity index (χ3n) is 4.68. The fourth-order valence-electron chi connectivity index (χ4n) is 3.13. The number of fused-ring (bicyclic) bond motifs is 1. The van der Waals surface area contributed by atoms with E-state index in [0.717, 1.165) is 23.3 Å². The maximum absolute atomic E-state index is 12.5. The second-order valence-corrected chi connectivity index (χ2v) is 9.53. The molecule has 2 aromatic rings. The zero-order chi connectivity index (χ0) is 18.6. The van der Waals surface area contributed by atoms with Gasteiger partial charge in [0.15, 0.2) is 0 Å². The minimum absolute atomic E-state index is 0.0614. The Kier molecular flexibility index (Phi) is 6.11. The van der Waals surface area contributed by atoms with Crippen LogP contribution in [-0.2, 0) is 29.4 Å². The molecule has 0 fully saturated rings. The molecule has 7 heteroatoms. The molecule has 2 N–H and O–H groups in total. The van der Waals surface area contributed by atoms with Crippen molar-refractivity contribution in [2.24, 2.45) is 0 Å². The van der Waals surface area contributed by atoms with Crippen molar-refractivity contribution < 1.29 is 13.2 Å². The standard InChI is InChI=1S/C19H24N2O3S2/c1-20-26(23,24)16-10-8-14(9-11-16)13-21-19(22)18-12-15-6-4-2-3-5-7-17(15)25-18/h8-12,20H,2-7,13H2,1H3,(H,21,22). The number of thiophene rings is 1. The molecule has 1 aromatic carbocycles. The van der Waals surface area contributed by atoms with Crippen LogP contribution in [0.25, 0.3) is 0 Å². The minimum atomic E-state index is -3.43. The van der Waals surface area contributed by atoms with Gasteiger partial charge in [-0.1, -0.05) is 25.0 Å². The Balaban J connectivity index is 1.63. The third kappa shape index (κ3) is 4.52. The number of hydrogen-bond donors (Lipinski definition) is 2. The molecule has 1 aliphatic carbocycles. The monoisotopic (exact) mass is 392 g/mol. The van der Waals surface area contributed by atoms with Crippen LogP contribution in [-0.4, -0.2) is 21.4 Å². The highest BCUT2D eigenvalue weighted by Gasteiger charge is 2.16. The van der Waals surface area contributed by atoms with Gasteiger partial charge in [0.25, 0.3) is 5.91 Å². The van der Waals surface area contributed by atoms with Crippen molar-refractivity contribution in [3.63, 3.8) is 0 Å². The van der Waals surface area contributed by atoms with E-state index in [0.29, 0.717) is 6.54 Å². The van der Waals surface area contributed by atoms with E-state index in [1.165, 1.54) is 43.2 Å². The van der Waals surface area contributed by atoms with Crippen LogP contribution >= 0.6 is 11.3 Å². The zero-order valence-corrected chi connectivity index (χ0v) is 16.5. The molecule has 0 saturated carbocycles. The summed E-state index contributed by atoms with van der Waals surface area (Å²) in [4.78, 5) is 14.8. The summed E-state index contributed by atoms with van der Waals surface area (Å²) < 4.78 is 25.7. The molecule has 0 atom stereocenters. The predicted octanol–water partition coefficient (Wildman–Crippen LogP) is 3.25. The van der Waals surface area contributed by atoms with Gasteiger partial charge in [-0.15, -0.1) is 11.3 Å². The molecule has 5 nitrogen and oxygen atoms in total. The van der Waals surface area contributed by atoms with Crippen molar-refractivity contribution >= 4 is 27.3 Å². The summed E-state index contributed by atoms with van der Waals surface area (Å²) in [6, 6.07) is 8.58. The molecule has 1 aliphatic rings. The summed E-state index contributed by atoms with van der Waals surface area (Å²) in [7, 11) is -2.05. The van der Waals surface area contributed by atoms with Crippen LogP contribution in [0.2, 0.25) is 0 Å². The molecule has 1 heterocycles. The lowest BCUT2D eigenvalue weighted by Crippen LogP contribution is -2.22. The average Bonchev–Trinajstić information content (AvgIpc) is 3.02. The highest BCUT2D eigenvalue weighted by atomic mass is 32.2. The van der Waals surface area contributed by atoms with Gasteiger partial charge in [-0.25, -0.2) is 13.1 Å². The molecule has 0 unspecified atom stereocenters. The van der Waals surface area contributed by atoms with E-state index in [1.807, 2.05) is 6.07 Å². The van der Waals surface area contributed by atoms with Gasteiger partial charge in [0.2, 0.25) is 10.0 Å². The Hall–Kier alpha value is -1.70. The number of carbonyl (C=O) groups is 1. The first kappa shape index (κ1) is 19.1.